The van der Waals surface area contributed by atoms with Gasteiger partial charge in [-0.05, 0) is 25.5 Å². The fourth-order valence-corrected chi connectivity index (χ4v) is 2.78. The third-order valence-corrected chi connectivity index (χ3v) is 4.03. The van der Waals surface area contributed by atoms with Crippen molar-refractivity contribution in [2.75, 3.05) is 51.5 Å². The van der Waals surface area contributed by atoms with Crippen molar-refractivity contribution < 1.29 is 14.3 Å². The highest BCUT2D eigenvalue weighted by molar-refractivity contribution is 14.0. The predicted octanol–water partition coefficient (Wildman–Crippen LogP) is 2.02. The maximum atomic E-state index is 12.3. The van der Waals surface area contributed by atoms with Gasteiger partial charge in [-0.25, -0.2) is 0 Å². The molecule has 1 aliphatic heterocycles. The van der Waals surface area contributed by atoms with Crippen LogP contribution in [0, 0.1) is 0 Å². The summed E-state index contributed by atoms with van der Waals surface area (Å²) in [6.07, 6.45) is 1.32. The van der Waals surface area contributed by atoms with Crippen LogP contribution in [0.1, 0.15) is 19.8 Å². The van der Waals surface area contributed by atoms with Gasteiger partial charge in [0.05, 0.1) is 19.3 Å². The van der Waals surface area contributed by atoms with Crippen molar-refractivity contribution in [2.45, 2.75) is 25.8 Å². The Kier molecular flexibility index (Phi) is 12.0. The number of para-hydroxylation sites is 1. The van der Waals surface area contributed by atoms with E-state index in [2.05, 4.69) is 15.6 Å². The minimum absolute atomic E-state index is 0. The first-order chi connectivity index (χ1) is 12.7. The zero-order valence-electron chi connectivity index (χ0n) is 16.1. The van der Waals surface area contributed by atoms with Gasteiger partial charge in [0.1, 0.15) is 0 Å². The average Bonchev–Trinajstić information content (AvgIpc) is 3.02. The van der Waals surface area contributed by atoms with Gasteiger partial charge in [-0.1, -0.05) is 18.2 Å². The van der Waals surface area contributed by atoms with Crippen LogP contribution in [-0.2, 0) is 14.3 Å². The Bertz CT molecular complexity index is 571. The Balaban J connectivity index is 0.00000364. The van der Waals surface area contributed by atoms with E-state index in [9.17, 15) is 4.79 Å². The van der Waals surface area contributed by atoms with Gasteiger partial charge in [0.25, 0.3) is 0 Å². The smallest absolute Gasteiger partial charge is 0.229 e. The largest absolute Gasteiger partial charge is 0.382 e. The number of nitrogens with zero attached hydrogens (tertiary/aromatic N) is 2. The highest BCUT2D eigenvalue weighted by atomic mass is 127. The summed E-state index contributed by atoms with van der Waals surface area (Å²) >= 11 is 0. The summed E-state index contributed by atoms with van der Waals surface area (Å²) in [5, 5.41) is 6.61. The van der Waals surface area contributed by atoms with E-state index in [-0.39, 0.29) is 35.9 Å². The van der Waals surface area contributed by atoms with Crippen molar-refractivity contribution in [3.8, 4) is 0 Å². The lowest BCUT2D eigenvalue weighted by Gasteiger charge is -2.19. The number of hydrogen-bond donors (Lipinski definition) is 2. The second-order valence-electron chi connectivity index (χ2n) is 6.10. The van der Waals surface area contributed by atoms with E-state index >= 15 is 0 Å². The molecule has 1 aliphatic rings. The van der Waals surface area contributed by atoms with Crippen LogP contribution < -0.4 is 15.5 Å². The molecule has 1 fully saturated rings. The number of hydrogen-bond acceptors (Lipinski definition) is 4. The van der Waals surface area contributed by atoms with Gasteiger partial charge >= 0.3 is 0 Å². The maximum Gasteiger partial charge on any atom is 0.229 e. The summed E-state index contributed by atoms with van der Waals surface area (Å²) < 4.78 is 10.4. The van der Waals surface area contributed by atoms with E-state index in [1.54, 1.807) is 7.11 Å². The van der Waals surface area contributed by atoms with Gasteiger partial charge in [0.15, 0.2) is 5.96 Å². The van der Waals surface area contributed by atoms with E-state index in [1.165, 1.54) is 0 Å². The molecule has 0 aliphatic carbocycles. The molecule has 1 amide bonds. The molecular formula is C19H31IN4O3. The monoisotopic (exact) mass is 490 g/mol. The van der Waals surface area contributed by atoms with E-state index in [0.717, 1.165) is 24.6 Å². The van der Waals surface area contributed by atoms with Gasteiger partial charge in [0.2, 0.25) is 5.91 Å². The minimum atomic E-state index is 0. The maximum absolute atomic E-state index is 12.3. The molecule has 1 unspecified atom stereocenters. The molecule has 27 heavy (non-hydrogen) atoms. The topological polar surface area (TPSA) is 75.2 Å². The minimum Gasteiger partial charge on any atom is -0.382 e. The van der Waals surface area contributed by atoms with Crippen LogP contribution >= 0.6 is 24.0 Å². The van der Waals surface area contributed by atoms with Crippen LogP contribution in [0.15, 0.2) is 35.3 Å². The number of halogens is 1. The zero-order valence-corrected chi connectivity index (χ0v) is 18.5. The molecule has 1 aromatic rings. The van der Waals surface area contributed by atoms with Crippen LogP contribution in [0.2, 0.25) is 0 Å². The lowest BCUT2D eigenvalue weighted by molar-refractivity contribution is -0.117. The molecule has 1 aromatic carbocycles. The van der Waals surface area contributed by atoms with E-state index in [0.29, 0.717) is 39.3 Å². The summed E-state index contributed by atoms with van der Waals surface area (Å²) in [5.41, 5.74) is 0.942. The lowest BCUT2D eigenvalue weighted by Crippen LogP contribution is -2.44. The number of benzene rings is 1. The molecular weight excluding hydrogens is 459 g/mol. The van der Waals surface area contributed by atoms with Crippen LogP contribution in [0.5, 0.6) is 0 Å². The van der Waals surface area contributed by atoms with E-state index in [4.69, 9.17) is 9.47 Å². The normalized spacial score (nSPS) is 17.0. The highest BCUT2D eigenvalue weighted by Gasteiger charge is 2.30. The van der Waals surface area contributed by atoms with Crippen LogP contribution in [-0.4, -0.2) is 64.5 Å². The Hall–Kier alpha value is -1.39. The number of carbonyl (C=O) groups is 1. The quantitative estimate of drug-likeness (QED) is 0.227. The van der Waals surface area contributed by atoms with Crippen LogP contribution in [0.25, 0.3) is 0 Å². The Morgan fingerprint density at radius 1 is 1.26 bits per heavy atom. The SMILES string of the molecule is CCNC(=NCCCOCCOC)NC1CC(=O)N(c2ccccc2)C1.I. The number of carbonyl (C=O) groups excluding carboxylic acids is 1. The fraction of sp³-hybridized carbons (Fsp3) is 0.579. The molecule has 1 atom stereocenters. The zero-order chi connectivity index (χ0) is 18.6. The molecule has 7 nitrogen and oxygen atoms in total. The molecule has 2 rings (SSSR count). The van der Waals surface area contributed by atoms with Crippen molar-refractivity contribution in [1.82, 2.24) is 10.6 Å². The third-order valence-electron chi connectivity index (χ3n) is 4.03. The molecule has 2 N–H and O–H groups in total. The number of rotatable bonds is 10. The number of nitrogens with one attached hydrogen (secondary N) is 2. The predicted molar refractivity (Wildman–Crippen MR) is 119 cm³/mol. The summed E-state index contributed by atoms with van der Waals surface area (Å²) in [4.78, 5) is 18.7. The van der Waals surface area contributed by atoms with Crippen molar-refractivity contribution in [3.05, 3.63) is 30.3 Å². The van der Waals surface area contributed by atoms with Crippen molar-refractivity contribution in [1.29, 1.82) is 0 Å². The molecule has 1 saturated heterocycles. The van der Waals surface area contributed by atoms with E-state index < -0.39 is 0 Å². The summed E-state index contributed by atoms with van der Waals surface area (Å²) in [7, 11) is 1.66. The van der Waals surface area contributed by atoms with Gasteiger partial charge in [-0.15, -0.1) is 24.0 Å². The molecule has 1 heterocycles. The third kappa shape index (κ3) is 8.44. The first kappa shape index (κ1) is 23.6. The van der Waals surface area contributed by atoms with Gasteiger partial charge in [-0.2, -0.15) is 0 Å². The number of ether oxygens (including phenoxy) is 2. The number of amides is 1. The van der Waals surface area contributed by atoms with Crippen molar-refractivity contribution >= 4 is 41.5 Å². The number of aliphatic imine (C=N–C) groups is 1. The second kappa shape index (κ2) is 13.7. The average molecular weight is 490 g/mol. The van der Waals surface area contributed by atoms with Gasteiger partial charge in [-0.3, -0.25) is 9.79 Å². The second-order valence-corrected chi connectivity index (χ2v) is 6.10. The lowest BCUT2D eigenvalue weighted by atomic mass is 10.2. The Morgan fingerprint density at radius 3 is 2.74 bits per heavy atom. The Morgan fingerprint density at radius 2 is 2.04 bits per heavy atom. The first-order valence-corrected chi connectivity index (χ1v) is 9.21. The molecule has 152 valence electrons. The molecule has 0 bridgehead atoms. The molecule has 0 saturated carbocycles. The van der Waals surface area contributed by atoms with E-state index in [1.807, 2.05) is 42.2 Å². The Labute approximate surface area is 178 Å². The molecule has 0 radical (unpaired) electrons. The van der Waals surface area contributed by atoms with Crippen molar-refractivity contribution in [2.24, 2.45) is 4.99 Å². The summed E-state index contributed by atoms with van der Waals surface area (Å²) in [5.74, 6) is 0.883. The number of methoxy groups -OCH3 is 1. The first-order valence-electron chi connectivity index (χ1n) is 9.21. The number of guanidine groups is 1. The highest BCUT2D eigenvalue weighted by Crippen LogP contribution is 2.20. The molecule has 0 aromatic heterocycles. The summed E-state index contributed by atoms with van der Waals surface area (Å²) in [6, 6.07) is 9.83. The number of anilines is 1. The van der Waals surface area contributed by atoms with Crippen LogP contribution in [0.4, 0.5) is 5.69 Å². The molecule has 8 heteroatoms. The molecule has 0 spiro atoms. The van der Waals surface area contributed by atoms with Crippen molar-refractivity contribution in [3.63, 3.8) is 0 Å². The fourth-order valence-electron chi connectivity index (χ4n) is 2.78. The van der Waals surface area contributed by atoms with Gasteiger partial charge < -0.3 is 25.0 Å². The van der Waals surface area contributed by atoms with Gasteiger partial charge in [0, 0.05) is 45.5 Å². The standard InChI is InChI=1S/C19H30N4O3.HI/c1-3-20-19(21-10-7-11-26-13-12-25-2)22-16-14-18(24)23(15-16)17-8-5-4-6-9-17;/h4-6,8-9,16H,3,7,10-15H2,1-2H3,(H2,20,21,22);1H. The summed E-state index contributed by atoms with van der Waals surface area (Å²) in [6.45, 7) is 6.01. The van der Waals surface area contributed by atoms with Crippen LogP contribution in [0.3, 0.4) is 0 Å².